The molecule has 0 saturated carbocycles. The molecular weight excluding hydrogens is 312 g/mol. The largest absolute Gasteiger partial charge is 0.406 e. The molecule has 0 amide bonds. The monoisotopic (exact) mass is 342 g/mol. The first-order valence-electron chi connectivity index (χ1n) is 9.45. The third-order valence-electron chi connectivity index (χ3n) is 4.40. The van der Waals surface area contributed by atoms with Crippen molar-refractivity contribution in [3.8, 4) is 0 Å². The van der Waals surface area contributed by atoms with E-state index in [0.29, 0.717) is 12.4 Å². The van der Waals surface area contributed by atoms with Gasteiger partial charge >= 0.3 is 5.97 Å². The molecule has 1 aliphatic heterocycles. The molecular formula is C21H30N2O2. The number of rotatable bonds is 9. The van der Waals surface area contributed by atoms with E-state index in [4.69, 9.17) is 4.74 Å². The lowest BCUT2D eigenvalue weighted by molar-refractivity contribution is -0.143. The van der Waals surface area contributed by atoms with E-state index in [0.717, 1.165) is 24.9 Å². The summed E-state index contributed by atoms with van der Waals surface area (Å²) >= 11 is 0. The predicted octanol–water partition coefficient (Wildman–Crippen LogP) is 5.09. The Morgan fingerprint density at radius 3 is 2.88 bits per heavy atom. The molecule has 4 heteroatoms. The molecule has 0 radical (unpaired) electrons. The van der Waals surface area contributed by atoms with Gasteiger partial charge in [0, 0.05) is 11.9 Å². The third kappa shape index (κ3) is 6.04. The van der Waals surface area contributed by atoms with Crippen molar-refractivity contribution in [2.45, 2.75) is 59.3 Å². The fourth-order valence-electron chi connectivity index (χ4n) is 2.90. The summed E-state index contributed by atoms with van der Waals surface area (Å²) < 4.78 is 5.45. The Kier molecular flexibility index (Phi) is 7.71. The minimum absolute atomic E-state index is 0.0987. The quantitative estimate of drug-likeness (QED) is 0.464. The molecule has 0 saturated heterocycles. The van der Waals surface area contributed by atoms with Gasteiger partial charge in [0.2, 0.25) is 5.88 Å². The Morgan fingerprint density at radius 1 is 1.28 bits per heavy atom. The maximum Gasteiger partial charge on any atom is 0.315 e. The molecule has 1 heterocycles. The number of aliphatic imine (C=N–C) groups is 1. The number of carbonyl (C=O) groups is 1. The highest BCUT2D eigenvalue weighted by Crippen LogP contribution is 2.21. The van der Waals surface area contributed by atoms with E-state index in [-0.39, 0.29) is 11.9 Å². The summed E-state index contributed by atoms with van der Waals surface area (Å²) in [5.41, 5.74) is 2.45. The maximum absolute atomic E-state index is 12.1. The zero-order valence-corrected chi connectivity index (χ0v) is 15.7. The Labute approximate surface area is 151 Å². The normalized spacial score (nSPS) is 15.0. The Morgan fingerprint density at radius 2 is 2.12 bits per heavy atom. The van der Waals surface area contributed by atoms with Crippen LogP contribution in [-0.2, 0) is 16.0 Å². The highest BCUT2D eigenvalue weighted by Gasteiger charge is 2.17. The molecule has 0 spiro atoms. The fraction of sp³-hybridized carbons (Fsp3) is 0.524. The first-order chi connectivity index (χ1) is 12.1. The lowest BCUT2D eigenvalue weighted by Gasteiger charge is -2.23. The molecule has 1 aromatic carbocycles. The number of benzene rings is 1. The van der Waals surface area contributed by atoms with Crippen LogP contribution in [0.15, 0.2) is 41.3 Å². The van der Waals surface area contributed by atoms with Crippen LogP contribution in [0.25, 0.3) is 0 Å². The van der Waals surface area contributed by atoms with E-state index in [1.807, 2.05) is 13.1 Å². The van der Waals surface area contributed by atoms with Crippen molar-refractivity contribution in [2.75, 3.05) is 11.4 Å². The number of nitrogens with zero attached hydrogens (tertiary/aromatic N) is 2. The number of anilines is 1. The van der Waals surface area contributed by atoms with E-state index in [2.05, 4.69) is 48.0 Å². The number of carbonyl (C=O) groups excluding carboxylic acids is 1. The minimum atomic E-state index is -0.208. The average molecular weight is 342 g/mol. The molecule has 0 aliphatic carbocycles. The van der Waals surface area contributed by atoms with Gasteiger partial charge in [-0.15, -0.1) is 0 Å². The summed E-state index contributed by atoms with van der Waals surface area (Å²) in [6.07, 6.45) is 10.2. The summed E-state index contributed by atoms with van der Waals surface area (Å²) in [7, 11) is 0. The molecule has 2 rings (SSSR count). The molecule has 4 nitrogen and oxygen atoms in total. The number of aryl methyl sites for hydroxylation is 1. The second-order valence-electron chi connectivity index (χ2n) is 6.67. The lowest BCUT2D eigenvalue weighted by atomic mass is 10.1. The van der Waals surface area contributed by atoms with Gasteiger partial charge in [-0.1, -0.05) is 52.2 Å². The van der Waals surface area contributed by atoms with Crippen LogP contribution in [0.4, 0.5) is 5.69 Å². The van der Waals surface area contributed by atoms with Gasteiger partial charge in [-0.3, -0.25) is 4.79 Å². The summed E-state index contributed by atoms with van der Waals surface area (Å²) in [5, 5.41) is 0. The SMILES string of the molecule is CCCCCc1cccc(N2C=C(OC(=O)C(C)CCC)N=CC2)c1. The fourth-order valence-corrected chi connectivity index (χ4v) is 2.90. The second kappa shape index (κ2) is 10.0. The van der Waals surface area contributed by atoms with Gasteiger partial charge in [0.15, 0.2) is 0 Å². The zero-order valence-electron chi connectivity index (χ0n) is 15.7. The van der Waals surface area contributed by atoms with Crippen molar-refractivity contribution in [3.05, 3.63) is 41.9 Å². The van der Waals surface area contributed by atoms with Crippen molar-refractivity contribution in [1.29, 1.82) is 0 Å². The Balaban J connectivity index is 2.02. The maximum atomic E-state index is 12.1. The molecule has 0 N–H and O–H groups in total. The number of ether oxygens (including phenoxy) is 1. The number of esters is 1. The van der Waals surface area contributed by atoms with Crippen LogP contribution in [-0.4, -0.2) is 18.7 Å². The van der Waals surface area contributed by atoms with Crippen LogP contribution in [0.2, 0.25) is 0 Å². The standard InChI is InChI=1S/C21H30N2O2/c1-4-6-7-10-18-11-8-12-19(15-18)23-14-13-22-20(16-23)25-21(24)17(3)9-5-2/h8,11-13,15-17H,4-7,9-10,14H2,1-3H3. The summed E-state index contributed by atoms with van der Waals surface area (Å²) in [4.78, 5) is 18.4. The minimum Gasteiger partial charge on any atom is -0.406 e. The highest BCUT2D eigenvalue weighted by molar-refractivity contribution is 5.75. The van der Waals surface area contributed by atoms with Crippen LogP contribution in [0.5, 0.6) is 0 Å². The van der Waals surface area contributed by atoms with Crippen LogP contribution >= 0.6 is 0 Å². The van der Waals surface area contributed by atoms with Gasteiger partial charge < -0.3 is 9.64 Å². The van der Waals surface area contributed by atoms with Crippen molar-refractivity contribution < 1.29 is 9.53 Å². The van der Waals surface area contributed by atoms with Gasteiger partial charge in [-0.05, 0) is 37.0 Å². The molecule has 1 atom stereocenters. The van der Waals surface area contributed by atoms with Crippen molar-refractivity contribution >= 4 is 17.9 Å². The molecule has 1 aliphatic rings. The second-order valence-corrected chi connectivity index (χ2v) is 6.67. The third-order valence-corrected chi connectivity index (χ3v) is 4.40. The van der Waals surface area contributed by atoms with E-state index in [1.54, 1.807) is 6.21 Å². The summed E-state index contributed by atoms with van der Waals surface area (Å²) in [5.74, 6) is 0.0642. The van der Waals surface area contributed by atoms with Gasteiger partial charge in [-0.25, -0.2) is 4.99 Å². The topological polar surface area (TPSA) is 41.9 Å². The van der Waals surface area contributed by atoms with Gasteiger partial charge in [-0.2, -0.15) is 0 Å². The van der Waals surface area contributed by atoms with E-state index in [9.17, 15) is 4.79 Å². The molecule has 1 aromatic rings. The predicted molar refractivity (Wildman–Crippen MR) is 104 cm³/mol. The Bertz CT molecular complexity index is 622. The van der Waals surface area contributed by atoms with Crippen molar-refractivity contribution in [1.82, 2.24) is 0 Å². The molecule has 25 heavy (non-hydrogen) atoms. The first kappa shape index (κ1) is 19.2. The zero-order chi connectivity index (χ0) is 18.1. The van der Waals surface area contributed by atoms with Crippen molar-refractivity contribution in [2.24, 2.45) is 10.9 Å². The number of unbranched alkanes of at least 4 members (excludes halogenated alkanes) is 2. The Hall–Kier alpha value is -2.10. The van der Waals surface area contributed by atoms with Crippen LogP contribution in [0.1, 0.15) is 58.4 Å². The summed E-state index contributed by atoms with van der Waals surface area (Å²) in [6, 6.07) is 8.56. The highest BCUT2D eigenvalue weighted by atomic mass is 16.5. The van der Waals surface area contributed by atoms with Crippen LogP contribution in [0.3, 0.4) is 0 Å². The molecule has 1 unspecified atom stereocenters. The molecule has 0 aromatic heterocycles. The lowest BCUT2D eigenvalue weighted by Crippen LogP contribution is -2.24. The van der Waals surface area contributed by atoms with Crippen LogP contribution < -0.4 is 4.90 Å². The smallest absolute Gasteiger partial charge is 0.315 e. The molecule has 0 fully saturated rings. The van der Waals surface area contributed by atoms with E-state index in [1.165, 1.54) is 24.8 Å². The number of hydrogen-bond acceptors (Lipinski definition) is 4. The van der Waals surface area contributed by atoms with Crippen molar-refractivity contribution in [3.63, 3.8) is 0 Å². The molecule has 136 valence electrons. The summed E-state index contributed by atoms with van der Waals surface area (Å²) in [6.45, 7) is 6.87. The number of hydrogen-bond donors (Lipinski definition) is 0. The first-order valence-corrected chi connectivity index (χ1v) is 9.45. The average Bonchev–Trinajstić information content (AvgIpc) is 2.62. The van der Waals surface area contributed by atoms with E-state index >= 15 is 0 Å². The van der Waals surface area contributed by atoms with Gasteiger partial charge in [0.25, 0.3) is 0 Å². The van der Waals surface area contributed by atoms with Crippen LogP contribution in [0, 0.1) is 5.92 Å². The van der Waals surface area contributed by atoms with Gasteiger partial charge in [0.1, 0.15) is 0 Å². The molecule has 0 bridgehead atoms. The van der Waals surface area contributed by atoms with E-state index < -0.39 is 0 Å². The van der Waals surface area contributed by atoms with Gasteiger partial charge in [0.05, 0.1) is 18.7 Å².